The van der Waals surface area contributed by atoms with Crippen LogP contribution in [0.15, 0.2) is 182 Å². The summed E-state index contributed by atoms with van der Waals surface area (Å²) in [5, 5.41) is 25.4. The summed E-state index contributed by atoms with van der Waals surface area (Å²) in [6, 6.07) is 64.2. The van der Waals surface area contributed by atoms with Crippen molar-refractivity contribution in [3.63, 3.8) is 0 Å². The van der Waals surface area contributed by atoms with Gasteiger partial charge in [0, 0.05) is 26.2 Å². The SMILES string of the molecule is CC(C)[N-]C([N-]Cc1ccccc1)P(c1ccccc1)c1ccccc1.CC(C)[N-]C([N-]Cc1ccccc1)P(c1ccccc1)c1ccccc1.[CH3-].[CH3-].[Zr]. The van der Waals surface area contributed by atoms with E-state index in [9.17, 15) is 0 Å². The fourth-order valence-electron chi connectivity index (χ4n) is 5.65. The molecule has 0 spiro atoms. The number of rotatable bonds is 16. The maximum absolute atomic E-state index is 5.05. The van der Waals surface area contributed by atoms with E-state index >= 15 is 0 Å². The Morgan fingerprint density at radius 3 is 0.800 bits per heavy atom. The molecule has 0 aromatic heterocycles. The van der Waals surface area contributed by atoms with Crippen LogP contribution < -0.4 is 21.2 Å². The predicted octanol–water partition coefficient (Wildman–Crippen LogP) is 12.4. The van der Waals surface area contributed by atoms with Crippen molar-refractivity contribution in [3.05, 3.63) is 229 Å². The van der Waals surface area contributed by atoms with E-state index in [1.807, 2.05) is 12.1 Å². The zero-order chi connectivity index (χ0) is 36.4. The smallest absolute Gasteiger partial charge is 0 e. The number of nitrogens with zero attached hydrogens (tertiary/aromatic N) is 4. The fraction of sp³-hybridized carbons (Fsp3) is 0.208. The van der Waals surface area contributed by atoms with Gasteiger partial charge in [-0.2, -0.15) is 0 Å². The maximum atomic E-state index is 5.05. The normalized spacial score (nSPS) is 11.8. The first kappa shape index (κ1) is 48.1. The molecule has 6 aromatic rings. The summed E-state index contributed by atoms with van der Waals surface area (Å²) < 4.78 is 0. The summed E-state index contributed by atoms with van der Waals surface area (Å²) in [6.07, 6.45) is 0. The minimum absolute atomic E-state index is 0. The maximum Gasteiger partial charge on any atom is 0 e. The Hall–Kier alpha value is -3.10. The van der Waals surface area contributed by atoms with Gasteiger partial charge in [-0.05, 0) is 21.2 Å². The van der Waals surface area contributed by atoms with E-state index in [1.54, 1.807) is 0 Å². The molecule has 0 amide bonds. The van der Waals surface area contributed by atoms with Crippen molar-refractivity contribution in [2.24, 2.45) is 0 Å². The van der Waals surface area contributed by atoms with E-state index in [-0.39, 0.29) is 65.0 Å². The number of benzene rings is 6. The van der Waals surface area contributed by atoms with E-state index in [2.05, 4.69) is 198 Å². The van der Waals surface area contributed by atoms with E-state index in [4.69, 9.17) is 21.3 Å². The molecule has 7 heteroatoms. The Morgan fingerprint density at radius 1 is 0.364 bits per heavy atom. The standard InChI is InChI=1S/2C23H25N2P.2CH3.Zr/c2*1-19(2)25-23(24-18-20-12-6-3-7-13-20)26(21-14-8-4-9-15-21)22-16-10-5-11-17-22;;;/h2*3-17,19,23H,18H2,1-2H3;2*1H3;/q2*-2;2*-1;. The molecule has 288 valence electrons. The molecule has 2 unspecified atom stereocenters. The third-order valence-corrected chi connectivity index (χ3v) is 13.0. The molecule has 0 aliphatic heterocycles. The van der Waals surface area contributed by atoms with E-state index < -0.39 is 15.8 Å². The van der Waals surface area contributed by atoms with Gasteiger partial charge in [-0.1, -0.05) is 237 Å². The molecular formula is C48H56N4P2Zr-6. The molecule has 0 heterocycles. The molecule has 0 aliphatic carbocycles. The molecule has 0 saturated heterocycles. The first-order valence-electron chi connectivity index (χ1n) is 18.1. The molecule has 55 heavy (non-hydrogen) atoms. The summed E-state index contributed by atoms with van der Waals surface area (Å²) in [7, 11) is -1.35. The summed E-state index contributed by atoms with van der Waals surface area (Å²) in [5.41, 5.74) is 2.46. The molecule has 4 nitrogen and oxygen atoms in total. The Kier molecular flexibility index (Phi) is 23.3. The van der Waals surface area contributed by atoms with Crippen molar-refractivity contribution in [3.8, 4) is 0 Å². The van der Waals surface area contributed by atoms with Crippen LogP contribution in [-0.2, 0) is 39.3 Å². The Morgan fingerprint density at radius 2 is 0.582 bits per heavy atom. The molecular weight excluding hydrogens is 786 g/mol. The first-order valence-corrected chi connectivity index (χ1v) is 20.9. The second kappa shape index (κ2) is 26.7. The van der Waals surface area contributed by atoms with Crippen molar-refractivity contribution in [2.45, 2.75) is 64.7 Å². The van der Waals surface area contributed by atoms with Gasteiger partial charge in [0.2, 0.25) is 0 Å². The molecule has 0 fully saturated rings. The zero-order valence-electron chi connectivity index (χ0n) is 33.2. The largest absolute Gasteiger partial charge is 0.671 e. The average Bonchev–Trinajstić information content (AvgIpc) is 3.18. The van der Waals surface area contributed by atoms with Crippen LogP contribution in [0.4, 0.5) is 0 Å². The van der Waals surface area contributed by atoms with Gasteiger partial charge in [0.15, 0.2) is 0 Å². The molecule has 6 aromatic carbocycles. The predicted molar refractivity (Wildman–Crippen MR) is 243 cm³/mol. The quantitative estimate of drug-likeness (QED) is 0.0689. The van der Waals surface area contributed by atoms with Crippen molar-refractivity contribution in [1.29, 1.82) is 0 Å². The van der Waals surface area contributed by atoms with Gasteiger partial charge < -0.3 is 36.1 Å². The van der Waals surface area contributed by atoms with Crippen molar-refractivity contribution < 1.29 is 26.2 Å². The van der Waals surface area contributed by atoms with Gasteiger partial charge in [-0.15, -0.1) is 25.2 Å². The fourth-order valence-corrected chi connectivity index (χ4v) is 10.6. The van der Waals surface area contributed by atoms with Gasteiger partial charge >= 0.3 is 0 Å². The molecule has 2 atom stereocenters. The van der Waals surface area contributed by atoms with E-state index in [1.165, 1.54) is 32.3 Å². The van der Waals surface area contributed by atoms with Gasteiger partial charge in [0.1, 0.15) is 0 Å². The number of hydrogen-bond donors (Lipinski definition) is 0. The van der Waals surface area contributed by atoms with Crippen LogP contribution in [0.25, 0.3) is 21.3 Å². The first-order chi connectivity index (χ1) is 25.5. The minimum Gasteiger partial charge on any atom is -0.671 e. The second-order valence-electron chi connectivity index (χ2n) is 12.9. The van der Waals surface area contributed by atoms with Crippen LogP contribution >= 0.6 is 15.8 Å². The summed E-state index contributed by atoms with van der Waals surface area (Å²) in [5.74, 6) is -0.0926. The zero-order valence-corrected chi connectivity index (χ0v) is 37.5. The van der Waals surface area contributed by atoms with E-state index in [0.717, 1.165) is 0 Å². The van der Waals surface area contributed by atoms with Gasteiger partial charge in [0.05, 0.1) is 0 Å². The molecule has 0 bridgehead atoms. The van der Waals surface area contributed by atoms with Crippen LogP contribution in [0, 0.1) is 14.9 Å². The molecule has 0 saturated carbocycles. The number of hydrogen-bond acceptors (Lipinski definition) is 0. The van der Waals surface area contributed by atoms with E-state index in [0.29, 0.717) is 13.1 Å². The second-order valence-corrected chi connectivity index (χ2v) is 17.4. The molecule has 0 radical (unpaired) electrons. The van der Waals surface area contributed by atoms with Crippen molar-refractivity contribution >= 4 is 37.1 Å². The average molecular weight is 842 g/mol. The molecule has 0 aliphatic rings. The van der Waals surface area contributed by atoms with Crippen molar-refractivity contribution in [1.82, 2.24) is 0 Å². The monoisotopic (exact) mass is 840 g/mol. The summed E-state index contributed by atoms with van der Waals surface area (Å²) in [4.78, 5) is 0. The van der Waals surface area contributed by atoms with Crippen molar-refractivity contribution in [2.75, 3.05) is 0 Å². The van der Waals surface area contributed by atoms with Gasteiger partial charge in [0.25, 0.3) is 0 Å². The summed E-state index contributed by atoms with van der Waals surface area (Å²) in [6.45, 7) is 9.92. The van der Waals surface area contributed by atoms with Gasteiger partial charge in [-0.3, -0.25) is 0 Å². The van der Waals surface area contributed by atoms with Crippen LogP contribution in [-0.4, -0.2) is 23.9 Å². The Labute approximate surface area is 355 Å². The van der Waals surface area contributed by atoms with Crippen LogP contribution in [0.1, 0.15) is 38.8 Å². The topological polar surface area (TPSA) is 56.4 Å². The third-order valence-electron chi connectivity index (χ3n) is 8.02. The van der Waals surface area contributed by atoms with Crippen LogP contribution in [0.3, 0.4) is 0 Å². The molecule has 6 rings (SSSR count). The Bertz CT molecular complexity index is 1590. The third kappa shape index (κ3) is 16.1. The van der Waals surface area contributed by atoms with Gasteiger partial charge in [-0.25, -0.2) is 11.8 Å². The van der Waals surface area contributed by atoms with Crippen LogP contribution in [0.5, 0.6) is 0 Å². The Balaban J connectivity index is 0.000000360. The molecule has 0 N–H and O–H groups in total. The van der Waals surface area contributed by atoms with Crippen LogP contribution in [0.2, 0.25) is 0 Å². The summed E-state index contributed by atoms with van der Waals surface area (Å²) >= 11 is 0. The minimum atomic E-state index is -0.676.